The number of carbonyl (C=O) groups excluding carboxylic acids is 1. The summed E-state index contributed by atoms with van der Waals surface area (Å²) in [5, 5.41) is 14.1. The standard InChI is InChI=1S/C20H18N2O5/c1-3-12-6-5-7-13(4-2)18(12)21-19(23)16-11-14-10-15(22(25)26)8-9-17(14)27-20(16)24/h5-11H,3-4H2,1-2H3,(H,21,23). The molecule has 7 nitrogen and oxygen atoms in total. The number of carbonyl (C=O) groups is 1. The van der Waals surface area contributed by atoms with Crippen molar-refractivity contribution in [3.63, 3.8) is 0 Å². The molecule has 3 aromatic rings. The van der Waals surface area contributed by atoms with Crippen LogP contribution in [0.5, 0.6) is 0 Å². The first-order valence-electron chi connectivity index (χ1n) is 8.59. The highest BCUT2D eigenvalue weighted by Crippen LogP contribution is 2.24. The Bertz CT molecular complexity index is 1080. The van der Waals surface area contributed by atoms with Crippen LogP contribution >= 0.6 is 0 Å². The second-order valence-electron chi connectivity index (χ2n) is 6.04. The first kappa shape index (κ1) is 18.3. The highest BCUT2D eigenvalue weighted by molar-refractivity contribution is 6.06. The van der Waals surface area contributed by atoms with Crippen LogP contribution in [0.1, 0.15) is 35.3 Å². The molecular formula is C20H18N2O5. The summed E-state index contributed by atoms with van der Waals surface area (Å²) in [4.78, 5) is 35.4. The van der Waals surface area contributed by atoms with Crippen molar-refractivity contribution >= 4 is 28.3 Å². The number of amides is 1. The quantitative estimate of drug-likeness (QED) is 0.416. The summed E-state index contributed by atoms with van der Waals surface area (Å²) in [5.41, 5.74) is 1.66. The Labute approximate surface area is 154 Å². The number of benzene rings is 2. The number of hydrogen-bond donors (Lipinski definition) is 1. The van der Waals surface area contributed by atoms with Gasteiger partial charge < -0.3 is 9.73 Å². The van der Waals surface area contributed by atoms with Gasteiger partial charge in [-0.05, 0) is 36.1 Å². The molecule has 1 N–H and O–H groups in total. The number of para-hydroxylation sites is 1. The molecule has 0 atom stereocenters. The van der Waals surface area contributed by atoms with E-state index in [-0.39, 0.29) is 16.8 Å². The van der Waals surface area contributed by atoms with Gasteiger partial charge in [-0.15, -0.1) is 0 Å². The van der Waals surface area contributed by atoms with Crippen LogP contribution in [-0.4, -0.2) is 10.8 Å². The van der Waals surface area contributed by atoms with E-state index in [2.05, 4.69) is 5.32 Å². The second kappa shape index (κ2) is 7.41. The van der Waals surface area contributed by atoms with Crippen LogP contribution in [0, 0.1) is 10.1 Å². The van der Waals surface area contributed by atoms with Gasteiger partial charge in [-0.1, -0.05) is 32.0 Å². The molecule has 0 bridgehead atoms. The zero-order valence-electron chi connectivity index (χ0n) is 14.9. The van der Waals surface area contributed by atoms with Gasteiger partial charge in [0.1, 0.15) is 11.1 Å². The van der Waals surface area contributed by atoms with E-state index < -0.39 is 16.5 Å². The van der Waals surface area contributed by atoms with Crippen molar-refractivity contribution in [3.05, 3.63) is 79.7 Å². The van der Waals surface area contributed by atoms with Crippen molar-refractivity contribution < 1.29 is 14.1 Å². The molecule has 0 aliphatic heterocycles. The van der Waals surface area contributed by atoms with Gasteiger partial charge in [-0.25, -0.2) is 4.79 Å². The Morgan fingerprint density at radius 2 is 1.78 bits per heavy atom. The third kappa shape index (κ3) is 3.57. The molecule has 0 unspecified atom stereocenters. The van der Waals surface area contributed by atoms with Crippen molar-refractivity contribution in [2.24, 2.45) is 0 Å². The van der Waals surface area contributed by atoms with E-state index in [4.69, 9.17) is 4.42 Å². The van der Waals surface area contributed by atoms with E-state index in [9.17, 15) is 19.7 Å². The lowest BCUT2D eigenvalue weighted by Crippen LogP contribution is -2.22. The maximum atomic E-state index is 12.7. The number of aryl methyl sites for hydroxylation is 2. The van der Waals surface area contributed by atoms with E-state index in [0.717, 1.165) is 24.0 Å². The fraction of sp³-hybridized carbons (Fsp3) is 0.200. The number of anilines is 1. The molecule has 27 heavy (non-hydrogen) atoms. The Hall–Kier alpha value is -3.48. The monoisotopic (exact) mass is 366 g/mol. The van der Waals surface area contributed by atoms with Crippen molar-refractivity contribution in [2.45, 2.75) is 26.7 Å². The second-order valence-corrected chi connectivity index (χ2v) is 6.04. The van der Waals surface area contributed by atoms with Crippen LogP contribution in [0.4, 0.5) is 11.4 Å². The Kier molecular flexibility index (Phi) is 5.03. The van der Waals surface area contributed by atoms with E-state index in [1.807, 2.05) is 32.0 Å². The van der Waals surface area contributed by atoms with Crippen molar-refractivity contribution in [3.8, 4) is 0 Å². The largest absolute Gasteiger partial charge is 0.422 e. The van der Waals surface area contributed by atoms with Gasteiger partial charge in [-0.2, -0.15) is 0 Å². The van der Waals surface area contributed by atoms with E-state index in [1.165, 1.54) is 24.3 Å². The molecule has 1 heterocycles. The lowest BCUT2D eigenvalue weighted by Gasteiger charge is -2.14. The van der Waals surface area contributed by atoms with Gasteiger partial charge in [0.2, 0.25) is 0 Å². The van der Waals surface area contributed by atoms with E-state index in [0.29, 0.717) is 11.1 Å². The number of hydrogen-bond acceptors (Lipinski definition) is 5. The third-order valence-electron chi connectivity index (χ3n) is 4.41. The highest BCUT2D eigenvalue weighted by Gasteiger charge is 2.18. The summed E-state index contributed by atoms with van der Waals surface area (Å²) in [5.74, 6) is -0.604. The van der Waals surface area contributed by atoms with Crippen LogP contribution in [0.15, 0.2) is 51.7 Å². The van der Waals surface area contributed by atoms with Gasteiger partial charge in [0.15, 0.2) is 0 Å². The average Bonchev–Trinajstić information content (AvgIpc) is 2.66. The van der Waals surface area contributed by atoms with E-state index >= 15 is 0 Å². The van der Waals surface area contributed by atoms with Crippen LogP contribution in [0.2, 0.25) is 0 Å². The first-order valence-corrected chi connectivity index (χ1v) is 8.59. The predicted molar refractivity (Wildman–Crippen MR) is 102 cm³/mol. The molecule has 3 rings (SSSR count). The molecule has 7 heteroatoms. The average molecular weight is 366 g/mol. The van der Waals surface area contributed by atoms with Gasteiger partial charge >= 0.3 is 5.63 Å². The molecular weight excluding hydrogens is 348 g/mol. The number of rotatable bonds is 5. The van der Waals surface area contributed by atoms with Gasteiger partial charge in [0.25, 0.3) is 11.6 Å². The number of nitro groups is 1. The summed E-state index contributed by atoms with van der Waals surface area (Å²) >= 11 is 0. The Morgan fingerprint density at radius 3 is 2.37 bits per heavy atom. The topological polar surface area (TPSA) is 102 Å². The number of nitrogens with one attached hydrogen (secondary N) is 1. The fourth-order valence-electron chi connectivity index (χ4n) is 2.97. The number of nitrogens with zero attached hydrogens (tertiary/aromatic N) is 1. The maximum Gasteiger partial charge on any atom is 0.349 e. The lowest BCUT2D eigenvalue weighted by molar-refractivity contribution is -0.384. The molecule has 1 amide bonds. The predicted octanol–water partition coefficient (Wildman–Crippen LogP) is 4.08. The van der Waals surface area contributed by atoms with Crippen LogP contribution in [0.25, 0.3) is 11.0 Å². The number of nitro benzene ring substituents is 1. The van der Waals surface area contributed by atoms with Crippen molar-refractivity contribution in [1.29, 1.82) is 0 Å². The number of fused-ring (bicyclic) bond motifs is 1. The summed E-state index contributed by atoms with van der Waals surface area (Å²) in [6.45, 7) is 3.96. The summed E-state index contributed by atoms with van der Waals surface area (Å²) in [6, 6.07) is 10.9. The van der Waals surface area contributed by atoms with Gasteiger partial charge in [0, 0.05) is 23.2 Å². The molecule has 1 aromatic heterocycles. The van der Waals surface area contributed by atoms with Crippen LogP contribution in [0.3, 0.4) is 0 Å². The highest BCUT2D eigenvalue weighted by atomic mass is 16.6. The van der Waals surface area contributed by atoms with Crippen molar-refractivity contribution in [2.75, 3.05) is 5.32 Å². The van der Waals surface area contributed by atoms with E-state index in [1.54, 1.807) is 0 Å². The Morgan fingerprint density at radius 1 is 1.11 bits per heavy atom. The lowest BCUT2D eigenvalue weighted by atomic mass is 10.0. The molecule has 0 saturated carbocycles. The minimum Gasteiger partial charge on any atom is -0.422 e. The van der Waals surface area contributed by atoms with Gasteiger partial charge in [-0.3, -0.25) is 14.9 Å². The zero-order valence-corrected chi connectivity index (χ0v) is 14.9. The van der Waals surface area contributed by atoms with Crippen LogP contribution in [-0.2, 0) is 12.8 Å². The molecule has 0 radical (unpaired) electrons. The fourth-order valence-corrected chi connectivity index (χ4v) is 2.97. The molecule has 0 fully saturated rings. The van der Waals surface area contributed by atoms with Gasteiger partial charge in [0.05, 0.1) is 4.92 Å². The van der Waals surface area contributed by atoms with Crippen LogP contribution < -0.4 is 10.9 Å². The molecule has 138 valence electrons. The molecule has 2 aromatic carbocycles. The summed E-state index contributed by atoms with van der Waals surface area (Å²) < 4.78 is 5.16. The maximum absolute atomic E-state index is 12.7. The normalized spacial score (nSPS) is 10.7. The zero-order chi connectivity index (χ0) is 19.6. The van der Waals surface area contributed by atoms with Crippen molar-refractivity contribution in [1.82, 2.24) is 0 Å². The SMILES string of the molecule is CCc1cccc(CC)c1NC(=O)c1cc2cc([N+](=O)[O-])ccc2oc1=O. The molecule has 0 spiro atoms. The smallest absolute Gasteiger partial charge is 0.349 e. The summed E-state index contributed by atoms with van der Waals surface area (Å²) in [6.07, 6.45) is 1.45. The first-order chi connectivity index (χ1) is 12.9. The minimum absolute atomic E-state index is 0.146. The molecule has 0 aliphatic carbocycles. The minimum atomic E-state index is -0.791. The molecule has 0 aliphatic rings. The molecule has 0 saturated heterocycles. The summed E-state index contributed by atoms with van der Waals surface area (Å²) in [7, 11) is 0. The number of non-ortho nitro benzene ring substituents is 1. The Balaban J connectivity index is 2.05. The third-order valence-corrected chi connectivity index (χ3v) is 4.41.